The second-order valence-electron chi connectivity index (χ2n) is 6.20. The van der Waals surface area contributed by atoms with Crippen LogP contribution in [0.5, 0.6) is 0 Å². The van der Waals surface area contributed by atoms with Crippen molar-refractivity contribution in [3.63, 3.8) is 0 Å². The first kappa shape index (κ1) is 23.5. The fraction of sp³-hybridized carbons (Fsp3) is 0.150. The van der Waals surface area contributed by atoms with Crippen LogP contribution in [-0.4, -0.2) is 11.7 Å². The lowest BCUT2D eigenvalue weighted by atomic mass is 10.1. The van der Waals surface area contributed by atoms with Gasteiger partial charge in [-0.05, 0) is 49.4 Å². The smallest absolute Gasteiger partial charge is 0.360 e. The van der Waals surface area contributed by atoms with Crippen LogP contribution in [0.15, 0.2) is 54.2 Å². The number of ketones is 1. The maximum absolute atomic E-state index is 12.9. The number of Topliss-reactive ketones (excluding diaryl/α,β-unsaturated/α-hetero) is 1. The number of hydrogen-bond donors (Lipinski definition) is 2. The molecule has 0 fully saturated rings. The van der Waals surface area contributed by atoms with Gasteiger partial charge < -0.3 is 10.6 Å². The van der Waals surface area contributed by atoms with Crippen LogP contribution in [0.4, 0.5) is 37.7 Å². The molecule has 2 aromatic rings. The molecule has 2 N–H and O–H groups in total. The van der Waals surface area contributed by atoms with Crippen LogP contribution in [0, 0.1) is 11.3 Å². The van der Waals surface area contributed by atoms with Crippen LogP contribution in [0.25, 0.3) is 0 Å². The van der Waals surface area contributed by atoms with E-state index in [1.807, 2.05) is 0 Å². The Morgan fingerprint density at radius 3 is 1.84 bits per heavy atom. The highest BCUT2D eigenvalue weighted by atomic mass is 19.4. The molecule has 0 aromatic heterocycles. The maximum atomic E-state index is 12.9. The molecular formula is C20H13F6N3O2. The average Bonchev–Trinajstić information content (AvgIpc) is 2.67. The van der Waals surface area contributed by atoms with Crippen LogP contribution in [0.3, 0.4) is 0 Å². The number of amides is 1. The van der Waals surface area contributed by atoms with E-state index in [1.54, 1.807) is 0 Å². The lowest BCUT2D eigenvalue weighted by Crippen LogP contribution is -2.15. The molecule has 5 nitrogen and oxygen atoms in total. The number of alkyl halides is 6. The summed E-state index contributed by atoms with van der Waals surface area (Å²) < 4.78 is 77.4. The third-order valence-electron chi connectivity index (χ3n) is 3.89. The quantitative estimate of drug-likeness (QED) is 0.282. The van der Waals surface area contributed by atoms with Gasteiger partial charge in [0.25, 0.3) is 5.91 Å². The first-order chi connectivity index (χ1) is 14.3. The van der Waals surface area contributed by atoms with Crippen molar-refractivity contribution >= 4 is 23.1 Å². The molecule has 0 unspecified atom stereocenters. The number of anilines is 2. The minimum Gasteiger partial charge on any atom is -0.360 e. The van der Waals surface area contributed by atoms with Crippen LogP contribution in [-0.2, 0) is 17.1 Å². The molecule has 0 bridgehead atoms. The van der Waals surface area contributed by atoms with Gasteiger partial charge in [0, 0.05) is 23.1 Å². The Bertz CT molecular complexity index is 1030. The maximum Gasteiger partial charge on any atom is 0.416 e. The zero-order chi connectivity index (χ0) is 23.4. The largest absolute Gasteiger partial charge is 0.416 e. The summed E-state index contributed by atoms with van der Waals surface area (Å²) in [6.45, 7) is 1.34. The van der Waals surface area contributed by atoms with Gasteiger partial charge in [0.15, 0.2) is 5.78 Å². The topological polar surface area (TPSA) is 82.0 Å². The Kier molecular flexibility index (Phi) is 6.74. The molecular weight excluding hydrogens is 428 g/mol. The first-order valence-electron chi connectivity index (χ1n) is 8.40. The van der Waals surface area contributed by atoms with Crippen molar-refractivity contribution in [3.8, 4) is 6.07 Å². The number of benzene rings is 2. The summed E-state index contributed by atoms with van der Waals surface area (Å²) in [6, 6.07) is 7.91. The molecule has 0 aliphatic rings. The number of nitriles is 1. The van der Waals surface area contributed by atoms with Crippen molar-refractivity contribution in [2.75, 3.05) is 10.6 Å². The van der Waals surface area contributed by atoms with E-state index in [0.717, 1.165) is 0 Å². The van der Waals surface area contributed by atoms with Crippen molar-refractivity contribution in [3.05, 3.63) is 70.9 Å². The van der Waals surface area contributed by atoms with Gasteiger partial charge in [-0.15, -0.1) is 0 Å². The Labute approximate surface area is 172 Å². The predicted molar refractivity (Wildman–Crippen MR) is 98.8 cm³/mol. The minimum absolute atomic E-state index is 0.0441. The second kappa shape index (κ2) is 8.91. The summed E-state index contributed by atoms with van der Waals surface area (Å²) in [4.78, 5) is 23.4. The number of halogens is 6. The molecule has 0 spiro atoms. The van der Waals surface area contributed by atoms with E-state index in [-0.39, 0.29) is 17.5 Å². The van der Waals surface area contributed by atoms with Crippen molar-refractivity contribution < 1.29 is 35.9 Å². The second-order valence-corrected chi connectivity index (χ2v) is 6.20. The lowest BCUT2D eigenvalue weighted by molar-refractivity contribution is -0.143. The zero-order valence-corrected chi connectivity index (χ0v) is 15.7. The molecule has 0 saturated carbocycles. The molecule has 0 aliphatic heterocycles. The van der Waals surface area contributed by atoms with Crippen molar-refractivity contribution in [2.24, 2.45) is 0 Å². The van der Waals surface area contributed by atoms with Gasteiger partial charge >= 0.3 is 12.4 Å². The number of carbonyl (C=O) groups is 2. The fourth-order valence-electron chi connectivity index (χ4n) is 2.33. The average molecular weight is 441 g/mol. The zero-order valence-electron chi connectivity index (χ0n) is 15.7. The van der Waals surface area contributed by atoms with Crippen LogP contribution in [0.2, 0.25) is 0 Å². The van der Waals surface area contributed by atoms with E-state index < -0.39 is 40.6 Å². The monoisotopic (exact) mass is 441 g/mol. The van der Waals surface area contributed by atoms with E-state index in [1.165, 1.54) is 37.3 Å². The summed E-state index contributed by atoms with van der Waals surface area (Å²) in [5, 5.41) is 13.6. The molecule has 0 radical (unpaired) electrons. The first-order valence-corrected chi connectivity index (χ1v) is 8.40. The molecule has 0 aliphatic carbocycles. The van der Waals surface area contributed by atoms with Gasteiger partial charge in [-0.3, -0.25) is 9.59 Å². The Morgan fingerprint density at radius 2 is 1.42 bits per heavy atom. The summed E-state index contributed by atoms with van der Waals surface area (Å²) in [5.74, 6) is -1.17. The number of nitrogens with zero attached hydrogens (tertiary/aromatic N) is 1. The van der Waals surface area contributed by atoms with E-state index in [0.29, 0.717) is 23.9 Å². The van der Waals surface area contributed by atoms with Gasteiger partial charge in [0.05, 0.1) is 11.1 Å². The molecule has 31 heavy (non-hydrogen) atoms. The number of carbonyl (C=O) groups excluding carboxylic acids is 2. The van der Waals surface area contributed by atoms with E-state index >= 15 is 0 Å². The molecule has 2 rings (SSSR count). The number of rotatable bonds is 5. The third-order valence-corrected chi connectivity index (χ3v) is 3.89. The molecule has 0 heterocycles. The Balaban J connectivity index is 2.26. The number of hydrogen-bond acceptors (Lipinski definition) is 4. The van der Waals surface area contributed by atoms with Crippen LogP contribution in [0.1, 0.15) is 28.4 Å². The third kappa shape index (κ3) is 6.33. The lowest BCUT2D eigenvalue weighted by Gasteiger charge is -2.14. The van der Waals surface area contributed by atoms with Crippen molar-refractivity contribution in [1.29, 1.82) is 5.26 Å². The van der Waals surface area contributed by atoms with Gasteiger partial charge in [-0.2, -0.15) is 31.6 Å². The van der Waals surface area contributed by atoms with Crippen LogP contribution < -0.4 is 10.6 Å². The fourth-order valence-corrected chi connectivity index (χ4v) is 2.33. The summed E-state index contributed by atoms with van der Waals surface area (Å²) in [6.07, 6.45) is -9.39. The van der Waals surface area contributed by atoms with E-state index in [9.17, 15) is 35.9 Å². The van der Waals surface area contributed by atoms with Gasteiger partial charge in [0.1, 0.15) is 11.6 Å². The van der Waals surface area contributed by atoms with Crippen molar-refractivity contribution in [2.45, 2.75) is 19.3 Å². The predicted octanol–water partition coefficient (Wildman–Crippen LogP) is 5.38. The number of nitrogens with one attached hydrogen (secondary N) is 2. The van der Waals surface area contributed by atoms with Gasteiger partial charge in [-0.1, -0.05) is 0 Å². The molecule has 0 saturated heterocycles. The molecule has 2 aromatic carbocycles. The summed E-state index contributed by atoms with van der Waals surface area (Å²) in [5.41, 5.74) is -3.73. The minimum atomic E-state index is -5.04. The SMILES string of the molecule is CC(=O)c1ccc(NC(=O)/C(C#N)=C\Nc2cc(C(F)(F)F)cc(C(F)(F)F)c2)cc1. The Hall–Kier alpha value is -3.81. The molecule has 0 atom stereocenters. The highest BCUT2D eigenvalue weighted by Gasteiger charge is 2.36. The van der Waals surface area contributed by atoms with Crippen LogP contribution >= 0.6 is 0 Å². The molecule has 11 heteroatoms. The standard InChI is InChI=1S/C20H13F6N3O2/c1-11(30)12-2-4-16(5-3-12)29-18(31)13(9-27)10-28-17-7-14(19(21,22)23)6-15(8-17)20(24,25)26/h2-8,10,28H,1H3,(H,29,31)/b13-10-. The summed E-state index contributed by atoms with van der Waals surface area (Å²) >= 11 is 0. The highest BCUT2D eigenvalue weighted by Crippen LogP contribution is 2.37. The van der Waals surface area contributed by atoms with Gasteiger partial charge in [-0.25, -0.2) is 0 Å². The van der Waals surface area contributed by atoms with E-state index in [2.05, 4.69) is 10.6 Å². The Morgan fingerprint density at radius 1 is 0.903 bits per heavy atom. The molecule has 162 valence electrons. The van der Waals surface area contributed by atoms with Crippen molar-refractivity contribution in [1.82, 2.24) is 0 Å². The highest BCUT2D eigenvalue weighted by molar-refractivity contribution is 6.07. The normalized spacial score (nSPS) is 12.1. The van der Waals surface area contributed by atoms with Gasteiger partial charge in [0.2, 0.25) is 0 Å². The summed E-state index contributed by atoms with van der Waals surface area (Å²) in [7, 11) is 0. The molecule has 1 amide bonds. The van der Waals surface area contributed by atoms with E-state index in [4.69, 9.17) is 5.26 Å².